The number of methoxy groups -OCH3 is 1. The highest BCUT2D eigenvalue weighted by Gasteiger charge is 2.22. The zero-order valence-electron chi connectivity index (χ0n) is 15.3. The number of hydrogen-bond acceptors (Lipinski definition) is 2. The van der Waals surface area contributed by atoms with Crippen molar-refractivity contribution in [2.45, 2.75) is 38.5 Å². The van der Waals surface area contributed by atoms with Crippen LogP contribution in [0.3, 0.4) is 0 Å². The van der Waals surface area contributed by atoms with Crippen molar-refractivity contribution >= 4 is 0 Å². The standard InChI is InChI=1S/C22H28FNO/c1-3-24(13-12-17-6-4-9-20(23)14-17)16-19-8-5-7-18-15-21(25-2)10-11-22(18)19/h4,6,9-11,14-15,19H,3,5,7-8,12-13,16H2,1-2H3. The summed E-state index contributed by atoms with van der Waals surface area (Å²) in [6.45, 7) is 5.29. The minimum Gasteiger partial charge on any atom is -0.497 e. The highest BCUT2D eigenvalue weighted by molar-refractivity contribution is 5.39. The molecule has 0 heterocycles. The van der Waals surface area contributed by atoms with Crippen molar-refractivity contribution in [1.82, 2.24) is 4.90 Å². The lowest BCUT2D eigenvalue weighted by molar-refractivity contribution is 0.262. The zero-order valence-corrected chi connectivity index (χ0v) is 15.3. The summed E-state index contributed by atoms with van der Waals surface area (Å²) in [5, 5.41) is 0. The van der Waals surface area contributed by atoms with Gasteiger partial charge < -0.3 is 9.64 Å². The van der Waals surface area contributed by atoms with Gasteiger partial charge in [0, 0.05) is 13.1 Å². The van der Waals surface area contributed by atoms with Crippen molar-refractivity contribution < 1.29 is 9.13 Å². The summed E-state index contributed by atoms with van der Waals surface area (Å²) in [6, 6.07) is 13.5. The lowest BCUT2D eigenvalue weighted by Crippen LogP contribution is -2.32. The van der Waals surface area contributed by atoms with E-state index in [4.69, 9.17) is 4.74 Å². The Labute approximate surface area is 150 Å². The molecule has 2 nitrogen and oxygen atoms in total. The molecule has 0 bridgehead atoms. The fourth-order valence-corrected chi connectivity index (χ4v) is 3.88. The second-order valence-electron chi connectivity index (χ2n) is 6.93. The Morgan fingerprint density at radius 1 is 1.20 bits per heavy atom. The number of ether oxygens (including phenoxy) is 1. The Morgan fingerprint density at radius 3 is 2.84 bits per heavy atom. The van der Waals surface area contributed by atoms with Crippen LogP contribution >= 0.6 is 0 Å². The van der Waals surface area contributed by atoms with Crippen LogP contribution in [0.1, 0.15) is 42.4 Å². The first-order valence-electron chi connectivity index (χ1n) is 9.33. The molecule has 0 N–H and O–H groups in total. The first-order valence-corrected chi connectivity index (χ1v) is 9.33. The van der Waals surface area contributed by atoms with Gasteiger partial charge in [0.1, 0.15) is 11.6 Å². The second-order valence-corrected chi connectivity index (χ2v) is 6.93. The molecule has 0 amide bonds. The lowest BCUT2D eigenvalue weighted by atomic mass is 9.82. The first kappa shape index (κ1) is 17.9. The molecule has 3 heteroatoms. The molecule has 0 saturated carbocycles. The number of benzene rings is 2. The Balaban J connectivity index is 1.64. The van der Waals surface area contributed by atoms with Gasteiger partial charge in [0.2, 0.25) is 0 Å². The van der Waals surface area contributed by atoms with E-state index in [0.29, 0.717) is 5.92 Å². The van der Waals surface area contributed by atoms with Crippen LogP contribution in [0.4, 0.5) is 4.39 Å². The molecule has 0 fully saturated rings. The number of aryl methyl sites for hydroxylation is 1. The summed E-state index contributed by atoms with van der Waals surface area (Å²) in [4.78, 5) is 2.49. The van der Waals surface area contributed by atoms with Crippen LogP contribution < -0.4 is 4.74 Å². The predicted molar refractivity (Wildman–Crippen MR) is 101 cm³/mol. The zero-order chi connectivity index (χ0) is 17.6. The van der Waals surface area contributed by atoms with E-state index < -0.39 is 0 Å². The van der Waals surface area contributed by atoms with E-state index in [1.807, 2.05) is 6.07 Å². The number of rotatable bonds is 7. The molecule has 0 saturated heterocycles. The fourth-order valence-electron chi connectivity index (χ4n) is 3.88. The third-order valence-corrected chi connectivity index (χ3v) is 5.32. The highest BCUT2D eigenvalue weighted by atomic mass is 19.1. The topological polar surface area (TPSA) is 12.5 Å². The van der Waals surface area contributed by atoms with Crippen molar-refractivity contribution in [1.29, 1.82) is 0 Å². The molecule has 2 aromatic rings. The molecule has 1 aliphatic rings. The summed E-state index contributed by atoms with van der Waals surface area (Å²) < 4.78 is 18.7. The van der Waals surface area contributed by atoms with Crippen molar-refractivity contribution in [3.8, 4) is 5.75 Å². The summed E-state index contributed by atoms with van der Waals surface area (Å²) in [5.74, 6) is 1.40. The molecular weight excluding hydrogens is 313 g/mol. The van der Waals surface area contributed by atoms with Crippen LogP contribution in [-0.4, -0.2) is 31.6 Å². The maximum atomic E-state index is 13.3. The molecule has 25 heavy (non-hydrogen) atoms. The maximum Gasteiger partial charge on any atom is 0.123 e. The molecule has 0 aromatic heterocycles. The van der Waals surface area contributed by atoms with Gasteiger partial charge in [-0.15, -0.1) is 0 Å². The van der Waals surface area contributed by atoms with E-state index in [0.717, 1.165) is 43.8 Å². The minimum atomic E-state index is -0.143. The van der Waals surface area contributed by atoms with Crippen LogP contribution in [0.2, 0.25) is 0 Å². The monoisotopic (exact) mass is 341 g/mol. The number of nitrogens with zero attached hydrogens (tertiary/aromatic N) is 1. The van der Waals surface area contributed by atoms with Gasteiger partial charge in [-0.25, -0.2) is 4.39 Å². The van der Waals surface area contributed by atoms with Crippen LogP contribution in [0, 0.1) is 5.82 Å². The molecule has 0 aliphatic heterocycles. The van der Waals surface area contributed by atoms with E-state index in [1.165, 1.54) is 30.0 Å². The molecular formula is C22H28FNO. The molecule has 1 aliphatic carbocycles. The Bertz CT molecular complexity index is 700. The summed E-state index contributed by atoms with van der Waals surface area (Å²) in [7, 11) is 1.73. The normalized spacial score (nSPS) is 16.7. The van der Waals surface area contributed by atoms with Gasteiger partial charge in [0.15, 0.2) is 0 Å². The van der Waals surface area contributed by atoms with E-state index in [9.17, 15) is 4.39 Å². The van der Waals surface area contributed by atoms with Gasteiger partial charge >= 0.3 is 0 Å². The van der Waals surface area contributed by atoms with E-state index in [1.54, 1.807) is 19.2 Å². The molecule has 2 aromatic carbocycles. The predicted octanol–water partition coefficient (Wildman–Crippen LogP) is 4.82. The Morgan fingerprint density at radius 2 is 2.08 bits per heavy atom. The van der Waals surface area contributed by atoms with Crippen molar-refractivity contribution in [2.24, 2.45) is 0 Å². The third-order valence-electron chi connectivity index (χ3n) is 5.32. The second kappa shape index (κ2) is 8.48. The summed E-state index contributed by atoms with van der Waals surface area (Å²) in [6.07, 6.45) is 4.54. The van der Waals surface area contributed by atoms with Gasteiger partial charge in [-0.3, -0.25) is 0 Å². The number of likely N-dealkylation sites (N-methyl/N-ethyl adjacent to an activating group) is 1. The highest BCUT2D eigenvalue weighted by Crippen LogP contribution is 2.34. The van der Waals surface area contributed by atoms with Gasteiger partial charge in [0.05, 0.1) is 7.11 Å². The minimum absolute atomic E-state index is 0.143. The van der Waals surface area contributed by atoms with Gasteiger partial charge in [-0.05, 0) is 79.1 Å². The largest absolute Gasteiger partial charge is 0.497 e. The number of halogens is 1. The van der Waals surface area contributed by atoms with Crippen LogP contribution in [0.15, 0.2) is 42.5 Å². The van der Waals surface area contributed by atoms with E-state index in [-0.39, 0.29) is 5.82 Å². The molecule has 1 unspecified atom stereocenters. The van der Waals surface area contributed by atoms with Crippen LogP contribution in [0.5, 0.6) is 5.75 Å². The van der Waals surface area contributed by atoms with Crippen molar-refractivity contribution in [2.75, 3.05) is 26.7 Å². The van der Waals surface area contributed by atoms with Crippen molar-refractivity contribution in [3.63, 3.8) is 0 Å². The maximum absolute atomic E-state index is 13.3. The van der Waals surface area contributed by atoms with Crippen molar-refractivity contribution in [3.05, 3.63) is 65.0 Å². The Kier molecular flexibility index (Phi) is 6.09. The quantitative estimate of drug-likeness (QED) is 0.716. The molecule has 134 valence electrons. The lowest BCUT2D eigenvalue weighted by Gasteiger charge is -2.31. The molecule has 1 atom stereocenters. The molecule has 0 spiro atoms. The van der Waals surface area contributed by atoms with Gasteiger partial charge in [-0.1, -0.05) is 25.1 Å². The SMILES string of the molecule is CCN(CCc1cccc(F)c1)CC1CCCc2cc(OC)ccc21. The fraction of sp³-hybridized carbons (Fsp3) is 0.455. The van der Waals surface area contributed by atoms with Crippen LogP contribution in [-0.2, 0) is 12.8 Å². The molecule has 0 radical (unpaired) electrons. The molecule has 3 rings (SSSR count). The summed E-state index contributed by atoms with van der Waals surface area (Å²) >= 11 is 0. The van der Waals surface area contributed by atoms with Gasteiger partial charge in [-0.2, -0.15) is 0 Å². The van der Waals surface area contributed by atoms with E-state index >= 15 is 0 Å². The third kappa shape index (κ3) is 4.60. The van der Waals surface area contributed by atoms with E-state index in [2.05, 4.69) is 30.0 Å². The Hall–Kier alpha value is -1.87. The average molecular weight is 341 g/mol. The average Bonchev–Trinajstić information content (AvgIpc) is 2.64. The number of hydrogen-bond donors (Lipinski definition) is 0. The smallest absolute Gasteiger partial charge is 0.123 e. The number of fused-ring (bicyclic) bond motifs is 1. The van der Waals surface area contributed by atoms with Gasteiger partial charge in [0.25, 0.3) is 0 Å². The van der Waals surface area contributed by atoms with Crippen LogP contribution in [0.25, 0.3) is 0 Å². The summed E-state index contributed by atoms with van der Waals surface area (Å²) in [5.41, 5.74) is 4.00. The first-order chi connectivity index (χ1) is 12.2.